The Labute approximate surface area is 106 Å². The predicted octanol–water partition coefficient (Wildman–Crippen LogP) is 2.39. The molecule has 1 saturated heterocycles. The third kappa shape index (κ3) is 2.75. The van der Waals surface area contributed by atoms with Crippen molar-refractivity contribution >= 4 is 17.5 Å². The van der Waals surface area contributed by atoms with E-state index in [1.54, 1.807) is 0 Å². The van der Waals surface area contributed by atoms with Gasteiger partial charge in [0.2, 0.25) is 0 Å². The van der Waals surface area contributed by atoms with Crippen LogP contribution in [-0.2, 0) is 0 Å². The standard InChI is InChI=1S/C12H16ClN3O/c1-2-9-3-7-16(8-4-9)12(17)10-11(13)15-6-5-14-10/h5-6,9H,2-4,7-8H2,1H3. The summed E-state index contributed by atoms with van der Waals surface area (Å²) in [6, 6.07) is 0. The Morgan fingerprint density at radius 3 is 2.65 bits per heavy atom. The number of likely N-dealkylation sites (tertiary alicyclic amines) is 1. The number of piperidine rings is 1. The Balaban J connectivity index is 2.04. The van der Waals surface area contributed by atoms with E-state index in [0.717, 1.165) is 31.8 Å². The van der Waals surface area contributed by atoms with Gasteiger partial charge in [-0.3, -0.25) is 4.79 Å². The molecule has 2 rings (SSSR count). The van der Waals surface area contributed by atoms with Crippen molar-refractivity contribution in [3.63, 3.8) is 0 Å². The Kier molecular flexibility index (Phi) is 3.94. The molecule has 0 spiro atoms. The van der Waals surface area contributed by atoms with Crippen LogP contribution in [0.4, 0.5) is 0 Å². The molecule has 1 amide bonds. The molecule has 1 fully saturated rings. The van der Waals surface area contributed by atoms with Gasteiger partial charge >= 0.3 is 0 Å². The first-order chi connectivity index (χ1) is 8.22. The van der Waals surface area contributed by atoms with Crippen LogP contribution in [-0.4, -0.2) is 33.9 Å². The van der Waals surface area contributed by atoms with Crippen LogP contribution in [0.1, 0.15) is 36.7 Å². The van der Waals surface area contributed by atoms with Crippen LogP contribution in [0.15, 0.2) is 12.4 Å². The van der Waals surface area contributed by atoms with Gasteiger partial charge in [-0.2, -0.15) is 0 Å². The summed E-state index contributed by atoms with van der Waals surface area (Å²) < 4.78 is 0. The molecule has 1 aromatic rings. The molecule has 0 N–H and O–H groups in total. The van der Waals surface area contributed by atoms with E-state index in [4.69, 9.17) is 11.6 Å². The molecular weight excluding hydrogens is 238 g/mol. The molecule has 0 radical (unpaired) electrons. The van der Waals surface area contributed by atoms with Crippen molar-refractivity contribution in [1.29, 1.82) is 0 Å². The summed E-state index contributed by atoms with van der Waals surface area (Å²) in [6.07, 6.45) is 6.31. The van der Waals surface area contributed by atoms with Gasteiger partial charge in [-0.25, -0.2) is 9.97 Å². The Bertz CT molecular complexity index is 402. The summed E-state index contributed by atoms with van der Waals surface area (Å²) in [4.78, 5) is 21.9. The normalized spacial score (nSPS) is 17.2. The average molecular weight is 254 g/mol. The fraction of sp³-hybridized carbons (Fsp3) is 0.583. The summed E-state index contributed by atoms with van der Waals surface area (Å²) in [5.41, 5.74) is 0.268. The minimum Gasteiger partial charge on any atom is -0.337 e. The molecule has 5 heteroatoms. The molecule has 0 saturated carbocycles. The van der Waals surface area contributed by atoms with Gasteiger partial charge in [-0.15, -0.1) is 0 Å². The van der Waals surface area contributed by atoms with Crippen LogP contribution in [0.5, 0.6) is 0 Å². The van der Waals surface area contributed by atoms with E-state index in [2.05, 4.69) is 16.9 Å². The first-order valence-electron chi connectivity index (χ1n) is 5.98. The number of carbonyl (C=O) groups is 1. The molecule has 1 aliphatic rings. The van der Waals surface area contributed by atoms with Crippen molar-refractivity contribution in [3.8, 4) is 0 Å². The van der Waals surface area contributed by atoms with Crippen LogP contribution in [0.2, 0.25) is 5.15 Å². The van der Waals surface area contributed by atoms with Crippen LogP contribution >= 0.6 is 11.6 Å². The fourth-order valence-corrected chi connectivity index (χ4v) is 2.34. The van der Waals surface area contributed by atoms with Crippen molar-refractivity contribution in [2.45, 2.75) is 26.2 Å². The second-order valence-electron chi connectivity index (χ2n) is 4.34. The minimum absolute atomic E-state index is 0.0994. The molecule has 0 aliphatic carbocycles. The van der Waals surface area contributed by atoms with Crippen LogP contribution < -0.4 is 0 Å². The van der Waals surface area contributed by atoms with Gasteiger partial charge in [0, 0.05) is 25.5 Å². The topological polar surface area (TPSA) is 46.1 Å². The SMILES string of the molecule is CCC1CCN(C(=O)c2nccnc2Cl)CC1. The lowest BCUT2D eigenvalue weighted by Crippen LogP contribution is -2.38. The van der Waals surface area contributed by atoms with E-state index in [1.807, 2.05) is 4.90 Å². The largest absolute Gasteiger partial charge is 0.337 e. The molecule has 4 nitrogen and oxygen atoms in total. The highest BCUT2D eigenvalue weighted by atomic mass is 35.5. The fourth-order valence-electron chi connectivity index (χ4n) is 2.16. The van der Waals surface area contributed by atoms with Crippen molar-refractivity contribution in [3.05, 3.63) is 23.2 Å². The first kappa shape index (κ1) is 12.3. The number of nitrogens with zero attached hydrogens (tertiary/aromatic N) is 3. The van der Waals surface area contributed by atoms with Gasteiger partial charge in [0.15, 0.2) is 10.8 Å². The third-order valence-corrected chi connectivity index (χ3v) is 3.61. The second-order valence-corrected chi connectivity index (χ2v) is 4.70. The molecule has 2 heterocycles. The summed E-state index contributed by atoms with van der Waals surface area (Å²) in [6.45, 7) is 3.79. The number of carbonyl (C=O) groups excluding carboxylic acids is 1. The zero-order valence-corrected chi connectivity index (χ0v) is 10.7. The van der Waals surface area contributed by atoms with E-state index in [0.29, 0.717) is 0 Å². The summed E-state index contributed by atoms with van der Waals surface area (Å²) in [7, 11) is 0. The van der Waals surface area contributed by atoms with E-state index in [9.17, 15) is 4.79 Å². The Hall–Kier alpha value is -1.16. The van der Waals surface area contributed by atoms with E-state index in [-0.39, 0.29) is 16.8 Å². The smallest absolute Gasteiger partial charge is 0.275 e. The molecule has 17 heavy (non-hydrogen) atoms. The summed E-state index contributed by atoms with van der Waals surface area (Å²) in [5, 5.41) is 0.190. The van der Waals surface area contributed by atoms with E-state index in [1.165, 1.54) is 18.8 Å². The first-order valence-corrected chi connectivity index (χ1v) is 6.36. The van der Waals surface area contributed by atoms with Crippen LogP contribution in [0.3, 0.4) is 0 Å². The number of halogens is 1. The van der Waals surface area contributed by atoms with Crippen molar-refractivity contribution in [2.75, 3.05) is 13.1 Å². The summed E-state index contributed by atoms with van der Waals surface area (Å²) in [5.74, 6) is 0.647. The maximum atomic E-state index is 12.2. The molecule has 1 aromatic heterocycles. The summed E-state index contributed by atoms with van der Waals surface area (Å²) >= 11 is 5.87. The molecule has 92 valence electrons. The molecule has 0 aromatic carbocycles. The lowest BCUT2D eigenvalue weighted by molar-refractivity contribution is 0.0682. The maximum Gasteiger partial charge on any atom is 0.275 e. The molecule has 0 unspecified atom stereocenters. The lowest BCUT2D eigenvalue weighted by atomic mass is 9.94. The number of amides is 1. The van der Waals surface area contributed by atoms with E-state index < -0.39 is 0 Å². The highest BCUT2D eigenvalue weighted by molar-refractivity contribution is 6.32. The van der Waals surface area contributed by atoms with Gasteiger partial charge < -0.3 is 4.90 Å². The minimum atomic E-state index is -0.0994. The van der Waals surface area contributed by atoms with Gasteiger partial charge in [-0.1, -0.05) is 24.9 Å². The monoisotopic (exact) mass is 253 g/mol. The number of hydrogen-bond donors (Lipinski definition) is 0. The van der Waals surface area contributed by atoms with Crippen molar-refractivity contribution in [1.82, 2.24) is 14.9 Å². The zero-order valence-electron chi connectivity index (χ0n) is 9.90. The predicted molar refractivity (Wildman–Crippen MR) is 66.0 cm³/mol. The van der Waals surface area contributed by atoms with Crippen LogP contribution in [0, 0.1) is 5.92 Å². The maximum absolute atomic E-state index is 12.2. The average Bonchev–Trinajstić information content (AvgIpc) is 2.39. The van der Waals surface area contributed by atoms with Gasteiger partial charge in [0.05, 0.1) is 0 Å². The highest BCUT2D eigenvalue weighted by Gasteiger charge is 2.25. The number of hydrogen-bond acceptors (Lipinski definition) is 3. The Morgan fingerprint density at radius 1 is 1.41 bits per heavy atom. The molecule has 0 atom stereocenters. The second kappa shape index (κ2) is 5.45. The quantitative estimate of drug-likeness (QED) is 0.813. The van der Waals surface area contributed by atoms with E-state index >= 15 is 0 Å². The van der Waals surface area contributed by atoms with Gasteiger partial charge in [0.25, 0.3) is 5.91 Å². The third-order valence-electron chi connectivity index (χ3n) is 3.34. The van der Waals surface area contributed by atoms with Gasteiger partial charge in [0.1, 0.15) is 0 Å². The van der Waals surface area contributed by atoms with Crippen LogP contribution in [0.25, 0.3) is 0 Å². The molecule has 0 bridgehead atoms. The molecule has 1 aliphatic heterocycles. The lowest BCUT2D eigenvalue weighted by Gasteiger charge is -2.31. The highest BCUT2D eigenvalue weighted by Crippen LogP contribution is 2.22. The number of rotatable bonds is 2. The van der Waals surface area contributed by atoms with Crippen molar-refractivity contribution in [2.24, 2.45) is 5.92 Å². The van der Waals surface area contributed by atoms with Gasteiger partial charge in [-0.05, 0) is 18.8 Å². The zero-order chi connectivity index (χ0) is 12.3. The molecular formula is C12H16ClN3O. The van der Waals surface area contributed by atoms with Crippen molar-refractivity contribution < 1.29 is 4.79 Å². The Morgan fingerprint density at radius 2 is 2.06 bits per heavy atom. The number of aromatic nitrogens is 2.